The second-order valence-electron chi connectivity index (χ2n) is 8.33. The molecule has 0 aromatic carbocycles. The summed E-state index contributed by atoms with van der Waals surface area (Å²) < 4.78 is 2.01. The molecule has 3 heterocycles. The van der Waals surface area contributed by atoms with Gasteiger partial charge in [-0.05, 0) is 32.6 Å². The van der Waals surface area contributed by atoms with Crippen LogP contribution in [-0.2, 0) is 31.2 Å². The molecule has 0 saturated carbocycles. The lowest BCUT2D eigenvalue weighted by atomic mass is 10.1. The van der Waals surface area contributed by atoms with Gasteiger partial charge in [0.2, 0.25) is 5.91 Å². The zero-order valence-corrected chi connectivity index (χ0v) is 19.4. The van der Waals surface area contributed by atoms with Crippen molar-refractivity contribution in [1.82, 2.24) is 29.8 Å². The fraction of sp³-hybridized carbons (Fsp3) is 0.773. The Labute approximate surface area is 181 Å². The van der Waals surface area contributed by atoms with E-state index in [0.717, 1.165) is 83.2 Å². The number of guanidine groups is 1. The molecule has 1 amide bonds. The first-order valence-corrected chi connectivity index (χ1v) is 11.5. The molecule has 8 nitrogen and oxygen atoms in total. The van der Waals surface area contributed by atoms with E-state index in [1.54, 1.807) is 0 Å². The topological polar surface area (TPSA) is 69.0 Å². The second kappa shape index (κ2) is 10.3. The maximum absolute atomic E-state index is 12.7. The Hall–Kier alpha value is -2.09. The van der Waals surface area contributed by atoms with Gasteiger partial charge in [0.15, 0.2) is 5.96 Å². The number of likely N-dealkylation sites (tertiary alicyclic amines) is 1. The van der Waals surface area contributed by atoms with E-state index in [1.165, 1.54) is 11.3 Å². The number of nitrogens with one attached hydrogen (secondary N) is 1. The number of hydrogen-bond acceptors (Lipinski definition) is 4. The number of rotatable bonds is 6. The number of carbonyl (C=O) groups is 1. The molecule has 1 aromatic rings. The molecule has 30 heavy (non-hydrogen) atoms. The third kappa shape index (κ3) is 4.79. The fourth-order valence-corrected chi connectivity index (χ4v) is 4.77. The molecule has 2 aliphatic heterocycles. The Morgan fingerprint density at radius 1 is 1.07 bits per heavy atom. The first-order chi connectivity index (χ1) is 14.5. The standard InChI is InChI=1S/C22H39N7O/c1-6-19-18(20(7-2)26(5)25-19)16-24-22(23-4)29-14-12-27(13-15-29)17(3)21(30)28-10-8-9-11-28/h17H,6-16H2,1-5H3,(H,23,24). The molecule has 168 valence electrons. The summed E-state index contributed by atoms with van der Waals surface area (Å²) in [5.41, 5.74) is 3.75. The van der Waals surface area contributed by atoms with Crippen LogP contribution >= 0.6 is 0 Å². The van der Waals surface area contributed by atoms with Crippen molar-refractivity contribution in [3.05, 3.63) is 17.0 Å². The van der Waals surface area contributed by atoms with Crippen molar-refractivity contribution in [3.8, 4) is 0 Å². The van der Waals surface area contributed by atoms with Gasteiger partial charge in [-0.15, -0.1) is 0 Å². The van der Waals surface area contributed by atoms with Crippen molar-refractivity contribution >= 4 is 11.9 Å². The minimum Gasteiger partial charge on any atom is -0.352 e. The molecular formula is C22H39N7O. The van der Waals surface area contributed by atoms with Crippen molar-refractivity contribution in [1.29, 1.82) is 0 Å². The van der Waals surface area contributed by atoms with Gasteiger partial charge in [0.25, 0.3) is 0 Å². The predicted octanol–water partition coefficient (Wildman–Crippen LogP) is 1.25. The number of aromatic nitrogens is 2. The Balaban J connectivity index is 1.55. The summed E-state index contributed by atoms with van der Waals surface area (Å²) >= 11 is 0. The lowest BCUT2D eigenvalue weighted by molar-refractivity contribution is -0.135. The quantitative estimate of drug-likeness (QED) is 0.557. The summed E-state index contributed by atoms with van der Waals surface area (Å²) in [4.78, 5) is 23.9. The van der Waals surface area contributed by atoms with Gasteiger partial charge >= 0.3 is 0 Å². The fourth-order valence-electron chi connectivity index (χ4n) is 4.77. The van der Waals surface area contributed by atoms with E-state index < -0.39 is 0 Å². The van der Waals surface area contributed by atoms with Gasteiger partial charge in [0.05, 0.1) is 11.7 Å². The van der Waals surface area contributed by atoms with Crippen molar-refractivity contribution in [3.63, 3.8) is 0 Å². The molecule has 0 aliphatic carbocycles. The lowest BCUT2D eigenvalue weighted by Gasteiger charge is -2.39. The van der Waals surface area contributed by atoms with Gasteiger partial charge in [-0.1, -0.05) is 13.8 Å². The van der Waals surface area contributed by atoms with Crippen LogP contribution in [0.2, 0.25) is 0 Å². The van der Waals surface area contributed by atoms with E-state index in [4.69, 9.17) is 0 Å². The number of aliphatic imine (C=N–C) groups is 1. The minimum atomic E-state index is -0.0326. The maximum atomic E-state index is 12.7. The van der Waals surface area contributed by atoms with Crippen LogP contribution in [0.5, 0.6) is 0 Å². The van der Waals surface area contributed by atoms with E-state index in [9.17, 15) is 4.79 Å². The van der Waals surface area contributed by atoms with Crippen LogP contribution in [0.3, 0.4) is 0 Å². The third-order valence-corrected chi connectivity index (χ3v) is 6.60. The van der Waals surface area contributed by atoms with Crippen LogP contribution in [-0.4, -0.2) is 88.7 Å². The number of nitrogens with zero attached hydrogens (tertiary/aromatic N) is 6. The third-order valence-electron chi connectivity index (χ3n) is 6.60. The molecule has 2 aliphatic rings. The number of aryl methyl sites for hydroxylation is 2. The van der Waals surface area contributed by atoms with Crippen LogP contribution in [0.25, 0.3) is 0 Å². The first-order valence-electron chi connectivity index (χ1n) is 11.5. The molecule has 0 radical (unpaired) electrons. The molecule has 1 N–H and O–H groups in total. The highest BCUT2D eigenvalue weighted by Gasteiger charge is 2.30. The summed E-state index contributed by atoms with van der Waals surface area (Å²) in [6.07, 6.45) is 4.20. The Bertz CT molecular complexity index is 743. The number of amides is 1. The van der Waals surface area contributed by atoms with Gasteiger partial charge in [-0.3, -0.25) is 19.4 Å². The molecule has 1 aromatic heterocycles. The van der Waals surface area contributed by atoms with Gasteiger partial charge in [0.1, 0.15) is 0 Å². The molecule has 1 atom stereocenters. The Morgan fingerprint density at radius 3 is 2.30 bits per heavy atom. The summed E-state index contributed by atoms with van der Waals surface area (Å²) in [7, 11) is 3.87. The Kier molecular flexibility index (Phi) is 7.75. The average Bonchev–Trinajstić information content (AvgIpc) is 3.41. The molecule has 8 heteroatoms. The highest BCUT2D eigenvalue weighted by atomic mass is 16.2. The van der Waals surface area contributed by atoms with Crippen molar-refractivity contribution in [2.24, 2.45) is 12.0 Å². The molecule has 2 fully saturated rings. The van der Waals surface area contributed by atoms with E-state index in [1.807, 2.05) is 23.7 Å². The van der Waals surface area contributed by atoms with E-state index in [2.05, 4.69) is 46.0 Å². The smallest absolute Gasteiger partial charge is 0.239 e. The molecule has 3 rings (SSSR count). The summed E-state index contributed by atoms with van der Waals surface area (Å²) in [5.74, 6) is 1.22. The van der Waals surface area contributed by atoms with Gasteiger partial charge in [-0.25, -0.2) is 0 Å². The van der Waals surface area contributed by atoms with E-state index >= 15 is 0 Å². The largest absolute Gasteiger partial charge is 0.352 e. The van der Waals surface area contributed by atoms with Crippen molar-refractivity contribution in [2.45, 2.75) is 59.0 Å². The zero-order valence-electron chi connectivity index (χ0n) is 19.4. The second-order valence-corrected chi connectivity index (χ2v) is 8.33. The van der Waals surface area contributed by atoms with Crippen LogP contribution in [0.15, 0.2) is 4.99 Å². The minimum absolute atomic E-state index is 0.0326. The predicted molar refractivity (Wildman–Crippen MR) is 121 cm³/mol. The van der Waals surface area contributed by atoms with Crippen LogP contribution in [0, 0.1) is 0 Å². The number of hydrogen-bond donors (Lipinski definition) is 1. The molecule has 2 saturated heterocycles. The van der Waals surface area contributed by atoms with E-state index in [0.29, 0.717) is 5.91 Å². The zero-order chi connectivity index (χ0) is 21.7. The number of carbonyl (C=O) groups excluding carboxylic acids is 1. The van der Waals surface area contributed by atoms with Gasteiger partial charge in [0, 0.05) is 71.2 Å². The maximum Gasteiger partial charge on any atom is 0.239 e. The normalized spacial score (nSPS) is 19.4. The number of piperazine rings is 1. The van der Waals surface area contributed by atoms with Crippen molar-refractivity contribution < 1.29 is 4.79 Å². The van der Waals surface area contributed by atoms with Gasteiger partial charge < -0.3 is 15.1 Å². The summed E-state index contributed by atoms with van der Waals surface area (Å²) in [6.45, 7) is 12.5. The molecule has 1 unspecified atom stereocenters. The van der Waals surface area contributed by atoms with Crippen LogP contribution in [0.4, 0.5) is 0 Å². The average molecular weight is 418 g/mol. The van der Waals surface area contributed by atoms with Crippen LogP contribution in [0.1, 0.15) is 50.6 Å². The van der Waals surface area contributed by atoms with Gasteiger partial charge in [-0.2, -0.15) is 5.10 Å². The van der Waals surface area contributed by atoms with Crippen LogP contribution < -0.4 is 5.32 Å². The highest BCUT2D eigenvalue weighted by molar-refractivity contribution is 5.82. The first kappa shape index (κ1) is 22.6. The highest BCUT2D eigenvalue weighted by Crippen LogP contribution is 2.16. The summed E-state index contributed by atoms with van der Waals surface area (Å²) in [5, 5.41) is 8.23. The monoisotopic (exact) mass is 417 g/mol. The van der Waals surface area contributed by atoms with Crippen molar-refractivity contribution in [2.75, 3.05) is 46.3 Å². The molecular weight excluding hydrogens is 378 g/mol. The Morgan fingerprint density at radius 2 is 1.73 bits per heavy atom. The molecule has 0 bridgehead atoms. The summed E-state index contributed by atoms with van der Waals surface area (Å²) in [6, 6.07) is -0.0326. The molecule has 0 spiro atoms. The lowest BCUT2D eigenvalue weighted by Crippen LogP contribution is -2.57. The van der Waals surface area contributed by atoms with E-state index in [-0.39, 0.29) is 6.04 Å². The SMILES string of the molecule is CCc1nn(C)c(CC)c1CNC(=NC)N1CCN(C(C)C(=O)N2CCCC2)CC1.